The van der Waals surface area contributed by atoms with Crippen molar-refractivity contribution in [2.75, 3.05) is 18.5 Å². The quantitative estimate of drug-likeness (QED) is 0.836. The molecule has 0 fully saturated rings. The van der Waals surface area contributed by atoms with E-state index in [4.69, 9.17) is 0 Å². The van der Waals surface area contributed by atoms with Crippen molar-refractivity contribution in [2.45, 2.75) is 6.92 Å². The van der Waals surface area contributed by atoms with Crippen LogP contribution >= 0.6 is 15.9 Å². The molecule has 0 spiro atoms. The Hall–Kier alpha value is -1.16. The molecule has 0 aliphatic carbocycles. The highest BCUT2D eigenvalue weighted by molar-refractivity contribution is 9.10. The van der Waals surface area contributed by atoms with Crippen LogP contribution in [-0.4, -0.2) is 23.6 Å². The second kappa shape index (κ2) is 4.14. The van der Waals surface area contributed by atoms with Crippen molar-refractivity contribution >= 4 is 32.8 Å². The minimum absolute atomic E-state index is 0.771. The highest BCUT2D eigenvalue weighted by Crippen LogP contribution is 2.19. The van der Waals surface area contributed by atoms with Crippen molar-refractivity contribution < 1.29 is 0 Å². The molecule has 4 heteroatoms. The molecule has 0 N–H and O–H groups in total. The monoisotopic (exact) mass is 265 g/mol. The minimum atomic E-state index is 0.771. The first-order chi connectivity index (χ1) is 7.20. The Labute approximate surface area is 97.3 Å². The van der Waals surface area contributed by atoms with Gasteiger partial charge in [-0.15, -0.1) is 0 Å². The van der Waals surface area contributed by atoms with Gasteiger partial charge in [0, 0.05) is 29.6 Å². The molecule has 2 aromatic rings. The fraction of sp³-hybridized carbons (Fsp3) is 0.273. The van der Waals surface area contributed by atoms with E-state index >= 15 is 0 Å². The number of hydrogen-bond acceptors (Lipinski definition) is 3. The van der Waals surface area contributed by atoms with Crippen molar-refractivity contribution in [1.82, 2.24) is 9.97 Å². The minimum Gasteiger partial charge on any atom is -0.344 e. The maximum atomic E-state index is 4.48. The van der Waals surface area contributed by atoms with Gasteiger partial charge in [-0.25, -0.2) is 9.97 Å². The molecule has 0 radical (unpaired) electrons. The fourth-order valence-electron chi connectivity index (χ4n) is 1.32. The molecule has 0 saturated heterocycles. The van der Waals surface area contributed by atoms with Gasteiger partial charge in [-0.3, -0.25) is 0 Å². The van der Waals surface area contributed by atoms with Crippen LogP contribution in [0.4, 0.5) is 5.95 Å². The number of fused-ring (bicyclic) bond motifs is 1. The molecule has 0 aliphatic rings. The van der Waals surface area contributed by atoms with Crippen LogP contribution in [0.15, 0.2) is 28.9 Å². The third kappa shape index (κ3) is 2.09. The van der Waals surface area contributed by atoms with Crippen LogP contribution in [0.2, 0.25) is 0 Å². The molecule has 0 amide bonds. The van der Waals surface area contributed by atoms with Crippen molar-refractivity contribution in [3.05, 3.63) is 28.9 Å². The maximum Gasteiger partial charge on any atom is 0.225 e. The van der Waals surface area contributed by atoms with Crippen LogP contribution < -0.4 is 4.90 Å². The fourth-order valence-corrected chi connectivity index (χ4v) is 1.70. The second-order valence-corrected chi connectivity index (χ2v) is 4.30. The lowest BCUT2D eigenvalue weighted by molar-refractivity contribution is 0.910. The summed E-state index contributed by atoms with van der Waals surface area (Å²) < 4.78 is 1.05. The van der Waals surface area contributed by atoms with E-state index in [1.807, 2.05) is 36.3 Å². The predicted molar refractivity (Wildman–Crippen MR) is 66.2 cm³/mol. The van der Waals surface area contributed by atoms with E-state index in [-0.39, 0.29) is 0 Å². The summed E-state index contributed by atoms with van der Waals surface area (Å²) in [6, 6.07) is 6.00. The molecule has 3 nitrogen and oxygen atoms in total. The van der Waals surface area contributed by atoms with Gasteiger partial charge in [0.1, 0.15) is 0 Å². The van der Waals surface area contributed by atoms with E-state index in [9.17, 15) is 0 Å². The van der Waals surface area contributed by atoms with Gasteiger partial charge in [-0.1, -0.05) is 15.9 Å². The number of nitrogens with zero attached hydrogens (tertiary/aromatic N) is 3. The summed E-state index contributed by atoms with van der Waals surface area (Å²) in [5, 5.41) is 1.05. The molecule has 0 atom stereocenters. The zero-order valence-electron chi connectivity index (χ0n) is 8.74. The summed E-state index contributed by atoms with van der Waals surface area (Å²) in [6.45, 7) is 2.98. The predicted octanol–water partition coefficient (Wildman–Crippen LogP) is 2.85. The van der Waals surface area contributed by atoms with Crippen LogP contribution in [0.25, 0.3) is 10.9 Å². The molecule has 78 valence electrons. The largest absolute Gasteiger partial charge is 0.344 e. The first-order valence-electron chi connectivity index (χ1n) is 4.84. The van der Waals surface area contributed by atoms with Crippen LogP contribution in [-0.2, 0) is 0 Å². The van der Waals surface area contributed by atoms with Gasteiger partial charge >= 0.3 is 0 Å². The van der Waals surface area contributed by atoms with Gasteiger partial charge in [0.2, 0.25) is 5.95 Å². The summed E-state index contributed by atoms with van der Waals surface area (Å²) in [7, 11) is 1.99. The van der Waals surface area contributed by atoms with Crippen molar-refractivity contribution in [2.24, 2.45) is 0 Å². The number of rotatable bonds is 2. The second-order valence-electron chi connectivity index (χ2n) is 3.39. The Balaban J connectivity index is 2.52. The Bertz CT molecular complexity index is 484. The smallest absolute Gasteiger partial charge is 0.225 e. The molecule has 0 aliphatic heterocycles. The lowest BCUT2D eigenvalue weighted by Gasteiger charge is -2.14. The van der Waals surface area contributed by atoms with Gasteiger partial charge < -0.3 is 4.90 Å². The Kier molecular flexibility index (Phi) is 2.86. The molecular formula is C11H12BrN3. The first kappa shape index (κ1) is 10.4. The highest BCUT2D eigenvalue weighted by atomic mass is 79.9. The molecule has 1 aromatic heterocycles. The van der Waals surface area contributed by atoms with E-state index in [0.29, 0.717) is 0 Å². The number of hydrogen-bond donors (Lipinski definition) is 0. The van der Waals surface area contributed by atoms with Gasteiger partial charge in [0.25, 0.3) is 0 Å². The number of halogens is 1. The van der Waals surface area contributed by atoms with Crippen molar-refractivity contribution in [3.8, 4) is 0 Å². The Morgan fingerprint density at radius 3 is 2.93 bits per heavy atom. The van der Waals surface area contributed by atoms with Crippen LogP contribution in [0.3, 0.4) is 0 Å². The molecule has 0 unspecified atom stereocenters. The summed E-state index contributed by atoms with van der Waals surface area (Å²) >= 11 is 3.43. The first-order valence-corrected chi connectivity index (χ1v) is 5.63. The molecule has 2 rings (SSSR count). The van der Waals surface area contributed by atoms with Gasteiger partial charge in [0.05, 0.1) is 5.52 Å². The standard InChI is InChI=1S/C11H12BrN3/c1-3-15(2)11-13-7-8-6-9(12)4-5-10(8)14-11/h4-7H,3H2,1-2H3. The molecule has 0 bridgehead atoms. The van der Waals surface area contributed by atoms with E-state index in [1.54, 1.807) is 0 Å². The third-order valence-corrected chi connectivity index (χ3v) is 2.84. The number of aromatic nitrogens is 2. The van der Waals surface area contributed by atoms with E-state index in [2.05, 4.69) is 32.8 Å². The third-order valence-electron chi connectivity index (χ3n) is 2.34. The average molecular weight is 266 g/mol. The summed E-state index contributed by atoms with van der Waals surface area (Å²) in [6.07, 6.45) is 1.86. The lowest BCUT2D eigenvalue weighted by Crippen LogP contribution is -2.18. The highest BCUT2D eigenvalue weighted by Gasteiger charge is 2.03. The molecule has 1 heterocycles. The van der Waals surface area contributed by atoms with Crippen molar-refractivity contribution in [3.63, 3.8) is 0 Å². The topological polar surface area (TPSA) is 29.0 Å². The number of anilines is 1. The summed E-state index contributed by atoms with van der Waals surface area (Å²) in [5.74, 6) is 0.771. The van der Waals surface area contributed by atoms with Gasteiger partial charge in [0.15, 0.2) is 0 Å². The van der Waals surface area contributed by atoms with E-state index in [0.717, 1.165) is 27.9 Å². The number of benzene rings is 1. The normalized spacial score (nSPS) is 10.6. The lowest BCUT2D eigenvalue weighted by atomic mass is 10.2. The summed E-state index contributed by atoms with van der Waals surface area (Å²) in [5.41, 5.74) is 0.975. The molecule has 15 heavy (non-hydrogen) atoms. The Morgan fingerprint density at radius 2 is 2.20 bits per heavy atom. The molecular weight excluding hydrogens is 254 g/mol. The van der Waals surface area contributed by atoms with Gasteiger partial charge in [-0.05, 0) is 25.1 Å². The van der Waals surface area contributed by atoms with Crippen LogP contribution in [0.1, 0.15) is 6.92 Å². The summed E-state index contributed by atoms with van der Waals surface area (Å²) in [4.78, 5) is 10.8. The van der Waals surface area contributed by atoms with Crippen LogP contribution in [0, 0.1) is 0 Å². The average Bonchev–Trinajstić information content (AvgIpc) is 2.27. The zero-order valence-corrected chi connectivity index (χ0v) is 10.3. The van der Waals surface area contributed by atoms with Gasteiger partial charge in [-0.2, -0.15) is 0 Å². The van der Waals surface area contributed by atoms with E-state index in [1.165, 1.54) is 0 Å². The van der Waals surface area contributed by atoms with E-state index < -0.39 is 0 Å². The van der Waals surface area contributed by atoms with Crippen LogP contribution in [0.5, 0.6) is 0 Å². The van der Waals surface area contributed by atoms with Crippen molar-refractivity contribution in [1.29, 1.82) is 0 Å². The molecule has 1 aromatic carbocycles. The molecule has 0 saturated carbocycles. The Morgan fingerprint density at radius 1 is 1.40 bits per heavy atom. The zero-order chi connectivity index (χ0) is 10.8. The maximum absolute atomic E-state index is 4.48. The SMILES string of the molecule is CCN(C)c1ncc2cc(Br)ccc2n1.